The van der Waals surface area contributed by atoms with Crippen molar-refractivity contribution in [3.8, 4) is 11.1 Å². The van der Waals surface area contributed by atoms with Crippen LogP contribution in [0.4, 0.5) is 9.39 Å². The Bertz CT molecular complexity index is 1560. The molecule has 0 radical (unpaired) electrons. The summed E-state index contributed by atoms with van der Waals surface area (Å²) in [5.41, 5.74) is 5.11. The highest BCUT2D eigenvalue weighted by atomic mass is 32.1. The summed E-state index contributed by atoms with van der Waals surface area (Å²) in [6.07, 6.45) is 0. The summed E-state index contributed by atoms with van der Waals surface area (Å²) in [4.78, 5) is 26.5. The average Bonchev–Trinajstić information content (AvgIpc) is 3.56. The van der Waals surface area contributed by atoms with E-state index in [-0.39, 0.29) is 18.3 Å². The van der Waals surface area contributed by atoms with Crippen LogP contribution < -0.4 is 5.32 Å². The summed E-state index contributed by atoms with van der Waals surface area (Å²) in [6, 6.07) is 18.0. The molecule has 0 aliphatic heterocycles. The molecule has 3 heterocycles. The van der Waals surface area contributed by atoms with Crippen LogP contribution in [0, 0.1) is 12.7 Å². The molecule has 3 aromatic heterocycles. The first-order valence-corrected chi connectivity index (χ1v) is 13.2. The third kappa shape index (κ3) is 4.69. The second kappa shape index (κ2) is 10.1. The Morgan fingerprint density at radius 1 is 1.06 bits per heavy atom. The van der Waals surface area contributed by atoms with E-state index in [1.807, 2.05) is 64.7 Å². The number of nitrogens with one attached hydrogen (secondary N) is 1. The highest BCUT2D eigenvalue weighted by Gasteiger charge is 2.25. The van der Waals surface area contributed by atoms with E-state index in [0.29, 0.717) is 28.4 Å². The number of rotatable bonds is 7. The van der Waals surface area contributed by atoms with E-state index < -0.39 is 5.97 Å². The zero-order valence-electron chi connectivity index (χ0n) is 19.7. The van der Waals surface area contributed by atoms with Gasteiger partial charge in [-0.2, -0.15) is 0 Å². The van der Waals surface area contributed by atoms with Gasteiger partial charge in [0, 0.05) is 17.5 Å². The molecule has 5 nitrogen and oxygen atoms in total. The fraction of sp³-hybridized carbons (Fsp3) is 0.143. The zero-order chi connectivity index (χ0) is 25.2. The Balaban J connectivity index is 1.52. The molecule has 0 fully saturated rings. The fourth-order valence-corrected chi connectivity index (χ4v) is 5.90. The number of esters is 1. The lowest BCUT2D eigenvalue weighted by atomic mass is 10.0. The molecule has 5 aromatic rings. The molecule has 0 aliphatic carbocycles. The molecule has 0 saturated carbocycles. The molecule has 8 heteroatoms. The van der Waals surface area contributed by atoms with Gasteiger partial charge in [0.1, 0.15) is 22.1 Å². The van der Waals surface area contributed by atoms with Crippen molar-refractivity contribution < 1.29 is 18.7 Å². The summed E-state index contributed by atoms with van der Waals surface area (Å²) in [6.45, 7) is 4.31. The molecule has 1 amide bonds. The maximum Gasteiger partial charge on any atom is 0.341 e. The van der Waals surface area contributed by atoms with Crippen LogP contribution in [0.2, 0.25) is 0 Å². The smallest absolute Gasteiger partial charge is 0.341 e. The summed E-state index contributed by atoms with van der Waals surface area (Å²) < 4.78 is 22.0. The molecule has 0 spiro atoms. The Hall–Kier alpha value is -3.75. The molecule has 0 aliphatic rings. The van der Waals surface area contributed by atoms with Gasteiger partial charge in [-0.3, -0.25) is 4.79 Å². The minimum Gasteiger partial charge on any atom is -0.462 e. The van der Waals surface area contributed by atoms with Gasteiger partial charge in [0.2, 0.25) is 0 Å². The minimum atomic E-state index is -0.485. The van der Waals surface area contributed by atoms with Crippen LogP contribution in [0.5, 0.6) is 0 Å². The van der Waals surface area contributed by atoms with E-state index in [0.717, 1.165) is 26.9 Å². The number of carbonyl (C=O) groups excluding carboxylic acids is 2. The van der Waals surface area contributed by atoms with Crippen LogP contribution in [-0.4, -0.2) is 23.1 Å². The van der Waals surface area contributed by atoms with Gasteiger partial charge in [-0.1, -0.05) is 42.0 Å². The quantitative estimate of drug-likeness (QED) is 0.229. The standard InChI is InChI=1S/C28H23FN2O3S2/c1-3-34-28(33)25-21(19-9-7-17(2)8-10-19)16-36-27(25)30-26(32)23-14-24-22(11-12-35-24)31(23)15-18-5-4-6-20(29)13-18/h4-14,16H,3,15H2,1-2H3,(H,30,32). The SMILES string of the molecule is CCOC(=O)c1c(-c2ccc(C)cc2)csc1NC(=O)c1cc2sccc2n1Cc1cccc(F)c1. The number of hydrogen-bond acceptors (Lipinski definition) is 5. The summed E-state index contributed by atoms with van der Waals surface area (Å²) in [7, 11) is 0. The van der Waals surface area contributed by atoms with Gasteiger partial charge in [-0.15, -0.1) is 22.7 Å². The third-order valence-corrected chi connectivity index (χ3v) is 7.59. The maximum atomic E-state index is 13.8. The van der Waals surface area contributed by atoms with Crippen LogP contribution >= 0.6 is 22.7 Å². The molecule has 0 atom stereocenters. The highest BCUT2D eigenvalue weighted by Crippen LogP contribution is 2.37. The van der Waals surface area contributed by atoms with Crippen LogP contribution in [0.1, 0.15) is 38.9 Å². The van der Waals surface area contributed by atoms with E-state index in [1.54, 1.807) is 13.0 Å². The van der Waals surface area contributed by atoms with Crippen molar-refractivity contribution in [2.24, 2.45) is 0 Å². The number of thiophene rings is 2. The van der Waals surface area contributed by atoms with Gasteiger partial charge < -0.3 is 14.6 Å². The molecular formula is C28H23FN2O3S2. The predicted octanol–water partition coefficient (Wildman–Crippen LogP) is 7.36. The Labute approximate surface area is 215 Å². The number of benzene rings is 2. The van der Waals surface area contributed by atoms with Crippen LogP contribution in [0.3, 0.4) is 0 Å². The number of aryl methyl sites for hydroxylation is 1. The number of amides is 1. The number of nitrogens with zero attached hydrogens (tertiary/aromatic N) is 1. The molecular weight excluding hydrogens is 495 g/mol. The number of anilines is 1. The predicted molar refractivity (Wildman–Crippen MR) is 144 cm³/mol. The molecule has 36 heavy (non-hydrogen) atoms. The van der Waals surface area contributed by atoms with Gasteiger partial charge in [-0.25, -0.2) is 9.18 Å². The van der Waals surface area contributed by atoms with E-state index in [9.17, 15) is 14.0 Å². The number of halogens is 1. The van der Waals surface area contributed by atoms with E-state index in [1.165, 1.54) is 34.8 Å². The first kappa shape index (κ1) is 24.0. The van der Waals surface area contributed by atoms with Gasteiger partial charge in [0.05, 0.1) is 16.8 Å². The number of carbonyl (C=O) groups is 2. The fourth-order valence-electron chi connectivity index (χ4n) is 4.12. The van der Waals surface area contributed by atoms with Gasteiger partial charge in [0.25, 0.3) is 5.91 Å². The number of fused-ring (bicyclic) bond motifs is 1. The molecule has 182 valence electrons. The molecule has 0 bridgehead atoms. The lowest BCUT2D eigenvalue weighted by molar-refractivity contribution is 0.0529. The molecule has 2 aromatic carbocycles. The van der Waals surface area contributed by atoms with Crippen LogP contribution in [0.15, 0.2) is 71.4 Å². The summed E-state index contributed by atoms with van der Waals surface area (Å²) in [5, 5.41) is 7.19. The first-order valence-electron chi connectivity index (χ1n) is 11.4. The van der Waals surface area contributed by atoms with Gasteiger partial charge in [-0.05, 0) is 54.6 Å². The van der Waals surface area contributed by atoms with Crippen molar-refractivity contribution in [2.45, 2.75) is 20.4 Å². The number of hydrogen-bond donors (Lipinski definition) is 1. The van der Waals surface area contributed by atoms with Crippen LogP contribution in [0.25, 0.3) is 21.3 Å². The van der Waals surface area contributed by atoms with Crippen molar-refractivity contribution >= 4 is 49.8 Å². The summed E-state index contributed by atoms with van der Waals surface area (Å²) >= 11 is 2.81. The van der Waals surface area contributed by atoms with E-state index >= 15 is 0 Å². The third-order valence-electron chi connectivity index (χ3n) is 5.85. The van der Waals surface area contributed by atoms with Crippen molar-refractivity contribution in [1.82, 2.24) is 4.57 Å². The lowest BCUT2D eigenvalue weighted by Crippen LogP contribution is -2.19. The monoisotopic (exact) mass is 518 g/mol. The lowest BCUT2D eigenvalue weighted by Gasteiger charge is -2.12. The maximum absolute atomic E-state index is 13.8. The van der Waals surface area contributed by atoms with Gasteiger partial charge in [0.15, 0.2) is 0 Å². The van der Waals surface area contributed by atoms with Crippen molar-refractivity contribution in [3.05, 3.63) is 99.6 Å². The largest absolute Gasteiger partial charge is 0.462 e. The molecule has 0 saturated heterocycles. The van der Waals surface area contributed by atoms with Crippen molar-refractivity contribution in [1.29, 1.82) is 0 Å². The van der Waals surface area contributed by atoms with Crippen molar-refractivity contribution in [2.75, 3.05) is 11.9 Å². The molecule has 5 rings (SSSR count). The Morgan fingerprint density at radius 3 is 2.61 bits per heavy atom. The average molecular weight is 519 g/mol. The first-order chi connectivity index (χ1) is 17.4. The second-order valence-electron chi connectivity index (χ2n) is 8.31. The second-order valence-corrected chi connectivity index (χ2v) is 10.1. The van der Waals surface area contributed by atoms with Crippen LogP contribution in [-0.2, 0) is 11.3 Å². The topological polar surface area (TPSA) is 60.3 Å². The van der Waals surface area contributed by atoms with E-state index in [2.05, 4.69) is 5.32 Å². The minimum absolute atomic E-state index is 0.224. The summed E-state index contributed by atoms with van der Waals surface area (Å²) in [5.74, 6) is -1.16. The normalized spacial score (nSPS) is 11.1. The molecule has 1 N–H and O–H groups in total. The Kier molecular flexibility index (Phi) is 6.71. The number of ether oxygens (including phenoxy) is 1. The zero-order valence-corrected chi connectivity index (χ0v) is 21.3. The highest BCUT2D eigenvalue weighted by molar-refractivity contribution is 7.17. The van der Waals surface area contributed by atoms with E-state index in [4.69, 9.17) is 4.74 Å². The Morgan fingerprint density at radius 2 is 1.86 bits per heavy atom. The van der Waals surface area contributed by atoms with Gasteiger partial charge >= 0.3 is 5.97 Å². The van der Waals surface area contributed by atoms with Crippen molar-refractivity contribution in [3.63, 3.8) is 0 Å². The molecule has 0 unspecified atom stereocenters. The number of aromatic nitrogens is 1.